The van der Waals surface area contributed by atoms with E-state index in [2.05, 4.69) is 20.5 Å². The highest BCUT2D eigenvalue weighted by molar-refractivity contribution is 7.99. The number of aromatic nitrogens is 3. The molecule has 2 aromatic carbocycles. The van der Waals surface area contributed by atoms with Gasteiger partial charge in [0, 0.05) is 16.3 Å². The molecule has 3 rings (SSSR count). The van der Waals surface area contributed by atoms with Crippen LogP contribution in [0.25, 0.3) is 11.4 Å². The molecular formula is C17H12ClN5OS. The average molecular weight is 370 g/mol. The molecule has 0 atom stereocenters. The molecule has 3 aromatic rings. The Labute approximate surface area is 153 Å². The van der Waals surface area contributed by atoms with Crippen LogP contribution in [0.1, 0.15) is 5.56 Å². The second-order valence-corrected chi connectivity index (χ2v) is 6.38. The van der Waals surface area contributed by atoms with Gasteiger partial charge in [-0.25, -0.2) is 4.98 Å². The molecule has 0 aliphatic heterocycles. The van der Waals surface area contributed by atoms with E-state index in [0.717, 1.165) is 5.56 Å². The number of thioether (sulfide) groups is 1. The molecule has 0 bridgehead atoms. The molecule has 0 spiro atoms. The van der Waals surface area contributed by atoms with E-state index < -0.39 is 0 Å². The Morgan fingerprint density at radius 1 is 1.20 bits per heavy atom. The third kappa shape index (κ3) is 4.59. The Morgan fingerprint density at radius 2 is 1.92 bits per heavy atom. The topological polar surface area (TPSA) is 94.5 Å². The zero-order chi connectivity index (χ0) is 17.6. The van der Waals surface area contributed by atoms with E-state index in [-0.39, 0.29) is 11.7 Å². The number of nitriles is 1. The first-order chi connectivity index (χ1) is 12.1. The van der Waals surface area contributed by atoms with Crippen LogP contribution in [0.5, 0.6) is 0 Å². The van der Waals surface area contributed by atoms with Crippen LogP contribution >= 0.6 is 23.4 Å². The Kier molecular flexibility index (Phi) is 5.33. The summed E-state index contributed by atoms with van der Waals surface area (Å²) in [5.41, 5.74) is 2.05. The van der Waals surface area contributed by atoms with Gasteiger partial charge in [0.2, 0.25) is 11.1 Å². The lowest BCUT2D eigenvalue weighted by Gasteiger charge is -2.03. The molecular weight excluding hydrogens is 358 g/mol. The van der Waals surface area contributed by atoms with E-state index in [1.807, 2.05) is 18.2 Å². The standard InChI is InChI=1S/C17H12ClN5OS/c18-13-5-3-12(4-6-13)16-21-17(23-22-16)25-10-15(24)20-14-7-1-11(9-19)2-8-14/h1-8H,10H2,(H,20,24)(H,21,22,23). The maximum Gasteiger partial charge on any atom is 0.234 e. The maximum atomic E-state index is 12.0. The zero-order valence-electron chi connectivity index (χ0n) is 12.9. The van der Waals surface area contributed by atoms with Crippen LogP contribution in [0.4, 0.5) is 5.69 Å². The first kappa shape index (κ1) is 17.0. The van der Waals surface area contributed by atoms with Gasteiger partial charge in [-0.05, 0) is 48.5 Å². The molecule has 1 aromatic heterocycles. The van der Waals surface area contributed by atoms with E-state index in [4.69, 9.17) is 16.9 Å². The van der Waals surface area contributed by atoms with E-state index in [1.54, 1.807) is 36.4 Å². The summed E-state index contributed by atoms with van der Waals surface area (Å²) in [6, 6.07) is 15.9. The van der Waals surface area contributed by atoms with Gasteiger partial charge in [0.1, 0.15) is 0 Å². The highest BCUT2D eigenvalue weighted by atomic mass is 35.5. The molecule has 25 heavy (non-hydrogen) atoms. The van der Waals surface area contributed by atoms with Crippen LogP contribution in [-0.4, -0.2) is 26.8 Å². The largest absolute Gasteiger partial charge is 0.325 e. The molecule has 8 heteroatoms. The molecule has 0 saturated heterocycles. The van der Waals surface area contributed by atoms with Crippen LogP contribution in [0, 0.1) is 11.3 Å². The lowest BCUT2D eigenvalue weighted by molar-refractivity contribution is -0.113. The minimum Gasteiger partial charge on any atom is -0.325 e. The predicted octanol–water partition coefficient (Wildman–Crippen LogP) is 3.73. The molecule has 1 amide bonds. The highest BCUT2D eigenvalue weighted by Gasteiger charge is 2.09. The lowest BCUT2D eigenvalue weighted by Crippen LogP contribution is -2.14. The van der Waals surface area contributed by atoms with Crippen LogP contribution in [0.3, 0.4) is 0 Å². The highest BCUT2D eigenvalue weighted by Crippen LogP contribution is 2.21. The number of hydrogen-bond donors (Lipinski definition) is 2. The molecule has 0 aliphatic rings. The third-order valence-electron chi connectivity index (χ3n) is 3.21. The van der Waals surface area contributed by atoms with E-state index >= 15 is 0 Å². The van der Waals surface area contributed by atoms with Crippen molar-refractivity contribution in [2.75, 3.05) is 11.1 Å². The van der Waals surface area contributed by atoms with Crippen LogP contribution in [-0.2, 0) is 4.79 Å². The van der Waals surface area contributed by atoms with Crippen LogP contribution in [0.15, 0.2) is 53.7 Å². The Morgan fingerprint density at radius 3 is 2.60 bits per heavy atom. The summed E-state index contributed by atoms with van der Waals surface area (Å²) >= 11 is 7.09. The summed E-state index contributed by atoms with van der Waals surface area (Å²) < 4.78 is 0. The van der Waals surface area contributed by atoms with E-state index in [9.17, 15) is 4.79 Å². The summed E-state index contributed by atoms with van der Waals surface area (Å²) in [5.74, 6) is 0.622. The van der Waals surface area contributed by atoms with E-state index in [1.165, 1.54) is 11.8 Å². The number of nitrogens with one attached hydrogen (secondary N) is 2. The monoisotopic (exact) mass is 369 g/mol. The van der Waals surface area contributed by atoms with Gasteiger partial charge in [0.15, 0.2) is 5.82 Å². The quantitative estimate of drug-likeness (QED) is 0.668. The number of nitrogens with zero attached hydrogens (tertiary/aromatic N) is 3. The third-order valence-corrected chi connectivity index (χ3v) is 4.31. The normalized spacial score (nSPS) is 10.2. The van der Waals surface area contributed by atoms with Gasteiger partial charge in [-0.2, -0.15) is 5.26 Å². The number of benzene rings is 2. The fourth-order valence-corrected chi connectivity index (χ4v) is 2.73. The summed E-state index contributed by atoms with van der Waals surface area (Å²) in [5, 5.41) is 19.6. The fourth-order valence-electron chi connectivity index (χ4n) is 2.00. The number of rotatable bonds is 5. The Balaban J connectivity index is 1.55. The second kappa shape index (κ2) is 7.83. The fraction of sp³-hybridized carbons (Fsp3) is 0.0588. The lowest BCUT2D eigenvalue weighted by atomic mass is 10.2. The van der Waals surface area contributed by atoms with Crippen molar-refractivity contribution >= 4 is 35.0 Å². The Bertz CT molecular complexity index is 915. The molecule has 1 heterocycles. The number of H-pyrrole nitrogens is 1. The van der Waals surface area contributed by atoms with Gasteiger partial charge >= 0.3 is 0 Å². The van der Waals surface area contributed by atoms with Gasteiger partial charge in [0.05, 0.1) is 17.4 Å². The van der Waals surface area contributed by atoms with Crippen molar-refractivity contribution in [3.05, 3.63) is 59.1 Å². The van der Waals surface area contributed by atoms with Crippen molar-refractivity contribution in [1.82, 2.24) is 15.2 Å². The van der Waals surface area contributed by atoms with Crippen LogP contribution in [0.2, 0.25) is 5.02 Å². The van der Waals surface area contributed by atoms with Gasteiger partial charge < -0.3 is 5.32 Å². The first-order valence-corrected chi connectivity index (χ1v) is 8.61. The van der Waals surface area contributed by atoms with Crippen molar-refractivity contribution < 1.29 is 4.79 Å². The number of hydrogen-bond acceptors (Lipinski definition) is 5. The SMILES string of the molecule is N#Cc1ccc(NC(=O)CSc2n[nH]c(-c3ccc(Cl)cc3)n2)cc1. The molecule has 124 valence electrons. The molecule has 0 fully saturated rings. The van der Waals surface area contributed by atoms with E-state index in [0.29, 0.717) is 27.3 Å². The number of aromatic amines is 1. The summed E-state index contributed by atoms with van der Waals surface area (Å²) in [7, 11) is 0. The average Bonchev–Trinajstić information content (AvgIpc) is 3.10. The molecule has 6 nitrogen and oxygen atoms in total. The number of carbonyl (C=O) groups is 1. The molecule has 0 radical (unpaired) electrons. The van der Waals surface area contributed by atoms with Crippen molar-refractivity contribution in [3.8, 4) is 17.5 Å². The molecule has 0 unspecified atom stereocenters. The second-order valence-electron chi connectivity index (χ2n) is 5.00. The minimum absolute atomic E-state index is 0.174. The first-order valence-electron chi connectivity index (χ1n) is 7.25. The van der Waals surface area contributed by atoms with Crippen LogP contribution < -0.4 is 5.32 Å². The molecule has 0 saturated carbocycles. The zero-order valence-corrected chi connectivity index (χ0v) is 14.4. The number of amides is 1. The van der Waals surface area contributed by atoms with Gasteiger partial charge in [0.25, 0.3) is 0 Å². The Hall–Kier alpha value is -2.82. The number of halogens is 1. The predicted molar refractivity (Wildman–Crippen MR) is 97.3 cm³/mol. The molecule has 0 aliphatic carbocycles. The summed E-state index contributed by atoms with van der Waals surface area (Å²) in [4.78, 5) is 16.3. The smallest absolute Gasteiger partial charge is 0.234 e. The van der Waals surface area contributed by atoms with Crippen molar-refractivity contribution in [2.24, 2.45) is 0 Å². The summed E-state index contributed by atoms with van der Waals surface area (Å²) in [6.45, 7) is 0. The van der Waals surface area contributed by atoms with Crippen molar-refractivity contribution in [2.45, 2.75) is 5.16 Å². The van der Waals surface area contributed by atoms with Crippen molar-refractivity contribution in [1.29, 1.82) is 5.26 Å². The van der Waals surface area contributed by atoms with Gasteiger partial charge in [-0.1, -0.05) is 23.4 Å². The maximum absolute atomic E-state index is 12.0. The van der Waals surface area contributed by atoms with Crippen molar-refractivity contribution in [3.63, 3.8) is 0 Å². The molecule has 2 N–H and O–H groups in total. The summed E-state index contributed by atoms with van der Waals surface area (Å²) in [6.07, 6.45) is 0. The minimum atomic E-state index is -0.174. The van der Waals surface area contributed by atoms with Gasteiger partial charge in [-0.3, -0.25) is 9.89 Å². The number of carbonyl (C=O) groups excluding carboxylic acids is 1. The van der Waals surface area contributed by atoms with Gasteiger partial charge in [-0.15, -0.1) is 5.10 Å². The number of anilines is 1.